The molecule has 0 bridgehead atoms. The van der Waals surface area contributed by atoms with Crippen LogP contribution < -0.4 is 20.3 Å². The molecule has 2 aliphatic rings. The molecule has 2 aromatic carbocycles. The van der Waals surface area contributed by atoms with Crippen LogP contribution >= 0.6 is 0 Å². The molecule has 1 fully saturated rings. The summed E-state index contributed by atoms with van der Waals surface area (Å²) in [5, 5.41) is 5.65. The Bertz CT molecular complexity index is 943. The molecule has 1 atom stereocenters. The first-order valence-corrected chi connectivity index (χ1v) is 9.81. The first kappa shape index (κ1) is 19.0. The molecule has 2 aliphatic heterocycles. The molecular weight excluding hydrogens is 370 g/mol. The van der Waals surface area contributed by atoms with E-state index in [1.165, 1.54) is 0 Å². The van der Waals surface area contributed by atoms with Crippen molar-refractivity contribution in [1.82, 2.24) is 10.6 Å². The lowest BCUT2D eigenvalue weighted by atomic mass is 10.1. The van der Waals surface area contributed by atoms with Crippen molar-refractivity contribution in [3.8, 4) is 5.75 Å². The van der Waals surface area contributed by atoms with Crippen LogP contribution in [-0.4, -0.2) is 36.9 Å². The largest absolute Gasteiger partial charge is 0.482 e. The van der Waals surface area contributed by atoms with Crippen LogP contribution in [0.5, 0.6) is 5.75 Å². The Labute approximate surface area is 169 Å². The summed E-state index contributed by atoms with van der Waals surface area (Å²) in [6, 6.07) is 14.0. The van der Waals surface area contributed by atoms with Crippen LogP contribution in [0.1, 0.15) is 35.2 Å². The fraction of sp³-hybridized carbons (Fsp3) is 0.318. The summed E-state index contributed by atoms with van der Waals surface area (Å²) < 4.78 is 5.48. The summed E-state index contributed by atoms with van der Waals surface area (Å²) in [6.07, 6.45) is 2.45. The number of benzene rings is 2. The molecular formula is C22H23N3O4. The maximum absolute atomic E-state index is 12.7. The minimum atomic E-state index is -0.513. The van der Waals surface area contributed by atoms with Gasteiger partial charge in [-0.3, -0.25) is 14.4 Å². The number of nitrogens with zero attached hydrogens (tertiary/aromatic N) is 1. The van der Waals surface area contributed by atoms with Gasteiger partial charge < -0.3 is 20.3 Å². The van der Waals surface area contributed by atoms with E-state index in [2.05, 4.69) is 10.6 Å². The number of carbonyl (C=O) groups excluding carboxylic acids is 3. The van der Waals surface area contributed by atoms with Crippen LogP contribution in [0.3, 0.4) is 0 Å². The minimum absolute atomic E-state index is 0.00597. The molecule has 0 spiro atoms. The van der Waals surface area contributed by atoms with Crippen molar-refractivity contribution in [3.05, 3.63) is 59.7 Å². The van der Waals surface area contributed by atoms with Crippen LogP contribution in [0.2, 0.25) is 0 Å². The fourth-order valence-electron chi connectivity index (χ4n) is 3.64. The van der Waals surface area contributed by atoms with Crippen molar-refractivity contribution in [1.29, 1.82) is 0 Å². The molecule has 4 rings (SSSR count). The molecule has 2 aromatic rings. The van der Waals surface area contributed by atoms with Gasteiger partial charge in [-0.2, -0.15) is 0 Å². The lowest BCUT2D eigenvalue weighted by Gasteiger charge is -2.29. The van der Waals surface area contributed by atoms with E-state index >= 15 is 0 Å². The van der Waals surface area contributed by atoms with Crippen LogP contribution in [0.15, 0.2) is 48.5 Å². The van der Waals surface area contributed by atoms with Crippen molar-refractivity contribution in [2.75, 3.05) is 18.1 Å². The highest BCUT2D eigenvalue weighted by atomic mass is 16.5. The summed E-state index contributed by atoms with van der Waals surface area (Å²) in [4.78, 5) is 38.8. The summed E-state index contributed by atoms with van der Waals surface area (Å²) in [7, 11) is 0. The third-order valence-corrected chi connectivity index (χ3v) is 5.18. The molecule has 29 heavy (non-hydrogen) atoms. The van der Waals surface area contributed by atoms with Gasteiger partial charge in [0.05, 0.1) is 12.2 Å². The Kier molecular flexibility index (Phi) is 5.46. The number of para-hydroxylation sites is 2. The molecule has 3 amide bonds. The van der Waals surface area contributed by atoms with Gasteiger partial charge in [0.2, 0.25) is 5.91 Å². The Morgan fingerprint density at radius 1 is 1.14 bits per heavy atom. The number of nitrogens with one attached hydrogen (secondary N) is 2. The zero-order valence-electron chi connectivity index (χ0n) is 16.0. The summed E-state index contributed by atoms with van der Waals surface area (Å²) in [5.41, 5.74) is 2.01. The van der Waals surface area contributed by atoms with E-state index in [0.29, 0.717) is 36.5 Å². The van der Waals surface area contributed by atoms with E-state index in [-0.39, 0.29) is 24.3 Å². The Morgan fingerprint density at radius 2 is 2.00 bits per heavy atom. The lowest BCUT2D eigenvalue weighted by Crippen LogP contribution is -2.45. The number of anilines is 1. The molecule has 0 saturated carbocycles. The summed E-state index contributed by atoms with van der Waals surface area (Å²) >= 11 is 0. The molecule has 2 heterocycles. The van der Waals surface area contributed by atoms with Crippen molar-refractivity contribution >= 4 is 23.4 Å². The van der Waals surface area contributed by atoms with Gasteiger partial charge in [-0.05, 0) is 49.1 Å². The SMILES string of the molecule is O=C(NC1CCCCNC1=O)c1cccc(CN2C(=O)COc3ccccc32)c1. The predicted octanol–water partition coefficient (Wildman–Crippen LogP) is 2.01. The molecule has 7 heteroatoms. The number of rotatable bonds is 4. The zero-order valence-corrected chi connectivity index (χ0v) is 16.0. The van der Waals surface area contributed by atoms with Gasteiger partial charge in [-0.25, -0.2) is 0 Å². The normalized spacial score (nSPS) is 18.9. The van der Waals surface area contributed by atoms with Crippen LogP contribution in [0.4, 0.5) is 5.69 Å². The van der Waals surface area contributed by atoms with E-state index < -0.39 is 6.04 Å². The molecule has 1 unspecified atom stereocenters. The lowest BCUT2D eigenvalue weighted by molar-refractivity contribution is -0.123. The smallest absolute Gasteiger partial charge is 0.265 e. The third kappa shape index (κ3) is 4.23. The molecule has 1 saturated heterocycles. The van der Waals surface area contributed by atoms with Crippen LogP contribution in [0.25, 0.3) is 0 Å². The monoisotopic (exact) mass is 393 g/mol. The van der Waals surface area contributed by atoms with Gasteiger partial charge in [0, 0.05) is 12.1 Å². The van der Waals surface area contributed by atoms with Gasteiger partial charge in [0.1, 0.15) is 11.8 Å². The molecule has 2 N–H and O–H groups in total. The fourth-order valence-corrected chi connectivity index (χ4v) is 3.64. The Hall–Kier alpha value is -3.35. The van der Waals surface area contributed by atoms with Crippen LogP contribution in [0, 0.1) is 0 Å². The van der Waals surface area contributed by atoms with E-state index in [4.69, 9.17) is 4.74 Å². The number of hydrogen-bond donors (Lipinski definition) is 2. The van der Waals surface area contributed by atoms with Crippen molar-refractivity contribution in [2.24, 2.45) is 0 Å². The highest BCUT2D eigenvalue weighted by Crippen LogP contribution is 2.32. The van der Waals surface area contributed by atoms with Gasteiger partial charge in [0.15, 0.2) is 6.61 Å². The summed E-state index contributed by atoms with van der Waals surface area (Å²) in [5.74, 6) is 0.110. The van der Waals surface area contributed by atoms with Gasteiger partial charge in [0.25, 0.3) is 11.8 Å². The number of carbonyl (C=O) groups is 3. The van der Waals surface area contributed by atoms with Gasteiger partial charge >= 0.3 is 0 Å². The van der Waals surface area contributed by atoms with Crippen LogP contribution in [-0.2, 0) is 16.1 Å². The molecule has 0 aliphatic carbocycles. The second kappa shape index (κ2) is 8.34. The standard InChI is InChI=1S/C22H23N3O4/c26-20-14-29-19-10-2-1-9-18(19)25(20)13-15-6-5-7-16(12-15)21(27)24-17-8-3-4-11-23-22(17)28/h1-2,5-7,9-10,12,17H,3-4,8,11,13-14H2,(H,23,28)(H,24,27). The molecule has 0 radical (unpaired) electrons. The second-order valence-corrected chi connectivity index (χ2v) is 7.25. The van der Waals surface area contributed by atoms with Crippen molar-refractivity contribution in [3.63, 3.8) is 0 Å². The van der Waals surface area contributed by atoms with Crippen molar-refractivity contribution < 1.29 is 19.1 Å². The maximum atomic E-state index is 12.7. The molecule has 150 valence electrons. The van der Waals surface area contributed by atoms with E-state index in [1.807, 2.05) is 30.3 Å². The molecule has 7 nitrogen and oxygen atoms in total. The third-order valence-electron chi connectivity index (χ3n) is 5.18. The van der Waals surface area contributed by atoms with E-state index in [0.717, 1.165) is 18.4 Å². The molecule has 0 aromatic heterocycles. The van der Waals surface area contributed by atoms with E-state index in [9.17, 15) is 14.4 Å². The second-order valence-electron chi connectivity index (χ2n) is 7.25. The number of fused-ring (bicyclic) bond motifs is 1. The predicted molar refractivity (Wildman–Crippen MR) is 108 cm³/mol. The van der Waals surface area contributed by atoms with Gasteiger partial charge in [-0.1, -0.05) is 24.3 Å². The number of amides is 3. The Morgan fingerprint density at radius 3 is 2.90 bits per heavy atom. The summed E-state index contributed by atoms with van der Waals surface area (Å²) in [6.45, 7) is 0.980. The maximum Gasteiger partial charge on any atom is 0.265 e. The van der Waals surface area contributed by atoms with Crippen molar-refractivity contribution in [2.45, 2.75) is 31.8 Å². The first-order chi connectivity index (χ1) is 14.1. The average molecular weight is 393 g/mol. The quantitative estimate of drug-likeness (QED) is 0.832. The average Bonchev–Trinajstić information content (AvgIpc) is 2.94. The van der Waals surface area contributed by atoms with E-state index in [1.54, 1.807) is 23.1 Å². The van der Waals surface area contributed by atoms with Gasteiger partial charge in [-0.15, -0.1) is 0 Å². The first-order valence-electron chi connectivity index (χ1n) is 9.81. The highest BCUT2D eigenvalue weighted by molar-refractivity contribution is 5.99. The zero-order chi connectivity index (χ0) is 20.2. The number of ether oxygens (including phenoxy) is 1. The minimum Gasteiger partial charge on any atom is -0.482 e. The highest BCUT2D eigenvalue weighted by Gasteiger charge is 2.26. The Balaban J connectivity index is 1.50. The number of hydrogen-bond acceptors (Lipinski definition) is 4. The topological polar surface area (TPSA) is 87.7 Å².